The Morgan fingerprint density at radius 1 is 1.06 bits per heavy atom. The number of oxime groups is 1. The number of carboxylic acids is 1. The molecule has 0 spiro atoms. The van der Waals surface area contributed by atoms with E-state index in [1.165, 1.54) is 11.8 Å². The summed E-state index contributed by atoms with van der Waals surface area (Å²) < 4.78 is 5.25. The molecule has 3 N–H and O–H groups in total. The molecule has 2 aliphatic rings. The molecule has 2 heterocycles. The van der Waals surface area contributed by atoms with Crippen LogP contribution in [0.5, 0.6) is 0 Å². The molecule has 0 bridgehead atoms. The SMILES string of the molecule is O=C(O)C1=C(COC(=O)c2ccccc2)CS[C@@H]2[C@H](NC(=O)/C(=N/O)c3ccccc3)C(=O)N12. The molecule has 0 unspecified atom stereocenters. The summed E-state index contributed by atoms with van der Waals surface area (Å²) in [4.78, 5) is 50.6. The number of hydrogen-bond donors (Lipinski definition) is 3. The van der Waals surface area contributed by atoms with Crippen molar-refractivity contribution in [1.29, 1.82) is 0 Å². The van der Waals surface area contributed by atoms with Gasteiger partial charge in [-0.15, -0.1) is 11.8 Å². The number of carbonyl (C=O) groups is 4. The van der Waals surface area contributed by atoms with Gasteiger partial charge in [0.15, 0.2) is 5.71 Å². The fourth-order valence-corrected chi connectivity index (χ4v) is 4.97. The fraction of sp³-hybridized carbons (Fsp3) is 0.174. The van der Waals surface area contributed by atoms with Crippen molar-refractivity contribution in [3.8, 4) is 0 Å². The summed E-state index contributed by atoms with van der Waals surface area (Å²) in [5.74, 6) is -3.15. The highest BCUT2D eigenvalue weighted by molar-refractivity contribution is 8.00. The Hall–Kier alpha value is -4.12. The Morgan fingerprint density at radius 3 is 2.26 bits per heavy atom. The van der Waals surface area contributed by atoms with Gasteiger partial charge in [-0.25, -0.2) is 9.59 Å². The molecular formula is C23H19N3O7S. The molecule has 1 fully saturated rings. The quantitative estimate of drug-likeness (QED) is 0.177. The lowest BCUT2D eigenvalue weighted by molar-refractivity contribution is -0.150. The number of nitrogens with one attached hydrogen (secondary N) is 1. The second-order valence-corrected chi connectivity index (χ2v) is 8.48. The van der Waals surface area contributed by atoms with Crippen LogP contribution in [0.2, 0.25) is 0 Å². The van der Waals surface area contributed by atoms with E-state index < -0.39 is 35.2 Å². The van der Waals surface area contributed by atoms with Gasteiger partial charge in [0.1, 0.15) is 23.7 Å². The summed E-state index contributed by atoms with van der Waals surface area (Å²) in [6, 6.07) is 15.5. The van der Waals surface area contributed by atoms with Crippen molar-refractivity contribution in [2.75, 3.05) is 12.4 Å². The molecule has 174 valence electrons. The summed E-state index contributed by atoms with van der Waals surface area (Å²) in [5, 5.41) is 23.9. The minimum absolute atomic E-state index is 0.185. The Kier molecular flexibility index (Phi) is 6.64. The van der Waals surface area contributed by atoms with E-state index in [1.807, 2.05) is 0 Å². The Morgan fingerprint density at radius 2 is 1.68 bits per heavy atom. The van der Waals surface area contributed by atoms with Crippen molar-refractivity contribution in [3.63, 3.8) is 0 Å². The van der Waals surface area contributed by atoms with Crippen LogP contribution in [0.3, 0.4) is 0 Å². The molecular weight excluding hydrogens is 462 g/mol. The van der Waals surface area contributed by atoms with Crippen LogP contribution in [0.4, 0.5) is 0 Å². The highest BCUT2D eigenvalue weighted by atomic mass is 32.2. The number of nitrogens with zero attached hydrogens (tertiary/aromatic N) is 2. The number of carboxylic acid groups (broad SMARTS) is 1. The van der Waals surface area contributed by atoms with Gasteiger partial charge in [-0.1, -0.05) is 53.7 Å². The zero-order valence-electron chi connectivity index (χ0n) is 17.6. The number of carbonyl (C=O) groups excluding carboxylic acids is 3. The van der Waals surface area contributed by atoms with Crippen LogP contribution in [0, 0.1) is 0 Å². The number of aliphatic carboxylic acids is 1. The molecule has 34 heavy (non-hydrogen) atoms. The van der Waals surface area contributed by atoms with Gasteiger partial charge in [-0.2, -0.15) is 0 Å². The van der Waals surface area contributed by atoms with Crippen LogP contribution < -0.4 is 5.32 Å². The first-order chi connectivity index (χ1) is 16.4. The molecule has 1 saturated heterocycles. The molecule has 0 radical (unpaired) electrons. The lowest BCUT2D eigenvalue weighted by atomic mass is 10.0. The molecule has 0 aliphatic carbocycles. The maximum absolute atomic E-state index is 12.8. The van der Waals surface area contributed by atoms with E-state index in [1.54, 1.807) is 60.7 Å². The zero-order chi connectivity index (χ0) is 24.2. The summed E-state index contributed by atoms with van der Waals surface area (Å²) in [6.45, 7) is -0.286. The van der Waals surface area contributed by atoms with E-state index in [4.69, 9.17) is 4.74 Å². The number of β-lactam (4-membered cyclic amide) rings is 1. The number of thioether (sulfide) groups is 1. The number of esters is 1. The standard InChI is InChI=1S/C23H19N3O7S/c27-19(16(25-32)13-7-3-1-4-8-13)24-17-20(28)26-18(22(29)30)15(12-34-21(17)26)11-33-23(31)14-9-5-2-6-10-14/h1-10,17,21,32H,11-12H2,(H,24,27)(H,29,30)/b25-16+/t17-,21-/m1/s1. The molecule has 2 aromatic carbocycles. The fourth-order valence-electron chi connectivity index (χ4n) is 3.64. The highest BCUT2D eigenvalue weighted by Gasteiger charge is 2.54. The van der Waals surface area contributed by atoms with Gasteiger partial charge in [0, 0.05) is 16.9 Å². The first-order valence-corrected chi connectivity index (χ1v) is 11.2. The summed E-state index contributed by atoms with van der Waals surface area (Å²) >= 11 is 1.23. The average Bonchev–Trinajstić information content (AvgIpc) is 2.86. The zero-order valence-corrected chi connectivity index (χ0v) is 18.4. The smallest absolute Gasteiger partial charge is 0.352 e. The molecule has 2 amide bonds. The van der Waals surface area contributed by atoms with Crippen LogP contribution >= 0.6 is 11.8 Å². The molecule has 2 atom stereocenters. The summed E-state index contributed by atoms with van der Waals surface area (Å²) in [5.41, 5.74) is 0.424. The van der Waals surface area contributed by atoms with Crippen LogP contribution in [-0.4, -0.2) is 68.5 Å². The summed E-state index contributed by atoms with van der Waals surface area (Å²) in [7, 11) is 0. The van der Waals surface area contributed by atoms with Crippen molar-refractivity contribution in [2.45, 2.75) is 11.4 Å². The third-order valence-corrected chi connectivity index (χ3v) is 6.63. The molecule has 4 rings (SSSR count). The second-order valence-electron chi connectivity index (χ2n) is 7.38. The Balaban J connectivity index is 1.46. The number of amides is 2. The Bertz CT molecular complexity index is 1200. The van der Waals surface area contributed by atoms with Gasteiger partial charge in [0.25, 0.3) is 11.8 Å². The minimum atomic E-state index is -1.34. The third kappa shape index (κ3) is 4.37. The number of rotatable bonds is 7. The molecule has 11 heteroatoms. The van der Waals surface area contributed by atoms with E-state index in [2.05, 4.69) is 10.5 Å². The lowest BCUT2D eigenvalue weighted by Crippen LogP contribution is -2.71. The summed E-state index contributed by atoms with van der Waals surface area (Å²) in [6.07, 6.45) is 0. The monoisotopic (exact) mass is 481 g/mol. The van der Waals surface area contributed by atoms with Crippen molar-refractivity contribution in [2.24, 2.45) is 5.16 Å². The molecule has 2 aromatic rings. The van der Waals surface area contributed by atoms with Gasteiger partial charge in [0.05, 0.1) is 5.56 Å². The Labute approximate surface area is 197 Å². The predicted octanol–water partition coefficient (Wildman–Crippen LogP) is 1.46. The van der Waals surface area contributed by atoms with E-state index in [-0.39, 0.29) is 29.3 Å². The van der Waals surface area contributed by atoms with E-state index in [0.717, 1.165) is 4.90 Å². The maximum Gasteiger partial charge on any atom is 0.352 e. The van der Waals surface area contributed by atoms with Gasteiger partial charge in [0.2, 0.25) is 0 Å². The van der Waals surface area contributed by atoms with Gasteiger partial charge >= 0.3 is 11.9 Å². The van der Waals surface area contributed by atoms with Crippen molar-refractivity contribution < 1.29 is 34.2 Å². The van der Waals surface area contributed by atoms with Crippen LogP contribution in [0.25, 0.3) is 0 Å². The van der Waals surface area contributed by atoms with E-state index >= 15 is 0 Å². The van der Waals surface area contributed by atoms with Gasteiger partial charge < -0.3 is 20.4 Å². The number of ether oxygens (including phenoxy) is 1. The van der Waals surface area contributed by atoms with Crippen LogP contribution in [0.1, 0.15) is 15.9 Å². The van der Waals surface area contributed by atoms with E-state index in [9.17, 15) is 29.5 Å². The largest absolute Gasteiger partial charge is 0.477 e. The molecule has 2 aliphatic heterocycles. The maximum atomic E-state index is 12.8. The highest BCUT2D eigenvalue weighted by Crippen LogP contribution is 2.40. The minimum Gasteiger partial charge on any atom is -0.477 e. The molecule has 0 aromatic heterocycles. The number of fused-ring (bicyclic) bond motifs is 1. The normalized spacial score (nSPS) is 19.7. The molecule has 0 saturated carbocycles. The van der Waals surface area contributed by atoms with Crippen molar-refractivity contribution in [1.82, 2.24) is 10.2 Å². The van der Waals surface area contributed by atoms with Crippen LogP contribution in [0.15, 0.2) is 77.1 Å². The second kappa shape index (κ2) is 9.79. The van der Waals surface area contributed by atoms with Crippen molar-refractivity contribution >= 4 is 41.2 Å². The molecule has 10 nitrogen and oxygen atoms in total. The first-order valence-electron chi connectivity index (χ1n) is 10.1. The van der Waals surface area contributed by atoms with Gasteiger partial charge in [-0.3, -0.25) is 14.5 Å². The predicted molar refractivity (Wildman–Crippen MR) is 121 cm³/mol. The topological polar surface area (TPSA) is 146 Å². The van der Waals surface area contributed by atoms with Gasteiger partial charge in [-0.05, 0) is 12.1 Å². The van der Waals surface area contributed by atoms with Crippen molar-refractivity contribution in [3.05, 3.63) is 83.1 Å². The number of benzene rings is 2. The lowest BCUT2D eigenvalue weighted by Gasteiger charge is -2.49. The average molecular weight is 481 g/mol. The van der Waals surface area contributed by atoms with Crippen LogP contribution in [-0.2, 0) is 19.1 Å². The first kappa shape index (κ1) is 23.1. The van der Waals surface area contributed by atoms with E-state index in [0.29, 0.717) is 11.1 Å². The third-order valence-electron chi connectivity index (χ3n) is 5.29. The number of hydrogen-bond acceptors (Lipinski definition) is 8.